The third-order valence-electron chi connectivity index (χ3n) is 3.18. The van der Waals surface area contributed by atoms with E-state index in [-0.39, 0.29) is 11.4 Å². The fraction of sp³-hybridized carbons (Fsp3) is 0.188. The van der Waals surface area contributed by atoms with E-state index in [1.807, 2.05) is 0 Å². The number of halogens is 2. The Labute approximate surface area is 148 Å². The number of non-ortho nitro benzene ring substituents is 1. The first-order valence-electron chi connectivity index (χ1n) is 7.27. The molecule has 2 aromatic rings. The number of nitro groups is 1. The third-order valence-corrected chi connectivity index (χ3v) is 3.43. The molecular weight excluding hydrogens is 352 g/mol. The van der Waals surface area contributed by atoms with Crippen molar-refractivity contribution in [3.8, 4) is 5.75 Å². The summed E-state index contributed by atoms with van der Waals surface area (Å²) in [5, 5.41) is 16.9. The van der Waals surface area contributed by atoms with Gasteiger partial charge in [-0.15, -0.1) is 0 Å². The lowest BCUT2D eigenvalue weighted by atomic mass is 10.1. The van der Waals surface area contributed by atoms with Crippen molar-refractivity contribution >= 4 is 28.7 Å². The highest BCUT2D eigenvalue weighted by molar-refractivity contribution is 7.80. The van der Waals surface area contributed by atoms with Crippen LogP contribution in [0, 0.1) is 10.1 Å². The van der Waals surface area contributed by atoms with Gasteiger partial charge in [0.05, 0.1) is 4.92 Å². The van der Waals surface area contributed by atoms with E-state index in [1.54, 1.807) is 24.3 Å². The molecule has 0 radical (unpaired) electrons. The number of hydrogen-bond donors (Lipinski definition) is 2. The minimum atomic E-state index is -2.84. The molecule has 0 saturated carbocycles. The predicted octanol–water partition coefficient (Wildman–Crippen LogP) is 3.73. The number of anilines is 1. The van der Waals surface area contributed by atoms with Crippen LogP contribution in [0.4, 0.5) is 20.2 Å². The number of rotatable bonds is 7. The molecular formula is C16H15F2N3O3S. The van der Waals surface area contributed by atoms with Gasteiger partial charge in [-0.2, -0.15) is 8.78 Å². The van der Waals surface area contributed by atoms with Crippen LogP contribution >= 0.6 is 12.2 Å². The van der Waals surface area contributed by atoms with E-state index in [2.05, 4.69) is 15.4 Å². The zero-order chi connectivity index (χ0) is 18.2. The zero-order valence-corrected chi connectivity index (χ0v) is 13.8. The first-order valence-corrected chi connectivity index (χ1v) is 7.68. The standard InChI is InChI=1S/C16H15F2N3O3S/c17-15(18)24-14-7-1-11(2-8-14)9-10-19-16(25)20-12-3-5-13(6-4-12)21(22)23/h1-8,15H,9-10H2,(H2,19,20,25). The molecule has 0 aliphatic rings. The maximum atomic E-state index is 12.1. The van der Waals surface area contributed by atoms with Gasteiger partial charge in [-0.1, -0.05) is 12.1 Å². The molecule has 25 heavy (non-hydrogen) atoms. The van der Waals surface area contributed by atoms with Gasteiger partial charge < -0.3 is 15.4 Å². The average Bonchev–Trinajstić information content (AvgIpc) is 2.56. The van der Waals surface area contributed by atoms with Crippen LogP contribution in [-0.2, 0) is 6.42 Å². The summed E-state index contributed by atoms with van der Waals surface area (Å²) in [4.78, 5) is 10.1. The molecule has 0 saturated heterocycles. The number of ether oxygens (including phenoxy) is 1. The Morgan fingerprint density at radius 2 is 1.80 bits per heavy atom. The summed E-state index contributed by atoms with van der Waals surface area (Å²) in [6.07, 6.45) is 0.636. The van der Waals surface area contributed by atoms with Crippen molar-refractivity contribution < 1.29 is 18.4 Å². The average molecular weight is 367 g/mol. The summed E-state index contributed by atoms with van der Waals surface area (Å²) >= 11 is 5.14. The van der Waals surface area contributed by atoms with Crippen LogP contribution in [0.5, 0.6) is 5.75 Å². The van der Waals surface area contributed by atoms with Gasteiger partial charge in [0, 0.05) is 24.4 Å². The van der Waals surface area contributed by atoms with Crippen LogP contribution in [0.1, 0.15) is 5.56 Å². The van der Waals surface area contributed by atoms with Crippen molar-refractivity contribution in [1.29, 1.82) is 0 Å². The van der Waals surface area contributed by atoms with Crippen molar-refractivity contribution in [2.45, 2.75) is 13.0 Å². The molecule has 2 rings (SSSR count). The fourth-order valence-corrected chi connectivity index (χ4v) is 2.22. The summed E-state index contributed by atoms with van der Waals surface area (Å²) in [6.45, 7) is -2.30. The van der Waals surface area contributed by atoms with Crippen LogP contribution < -0.4 is 15.4 Å². The van der Waals surface area contributed by atoms with Crippen molar-refractivity contribution in [3.05, 3.63) is 64.2 Å². The molecule has 0 aliphatic carbocycles. The maximum absolute atomic E-state index is 12.1. The number of thiocarbonyl (C=S) groups is 1. The number of alkyl halides is 2. The smallest absolute Gasteiger partial charge is 0.387 e. The largest absolute Gasteiger partial charge is 0.435 e. The van der Waals surface area contributed by atoms with Crippen LogP contribution in [0.2, 0.25) is 0 Å². The van der Waals surface area contributed by atoms with Crippen molar-refractivity contribution in [2.24, 2.45) is 0 Å². The highest BCUT2D eigenvalue weighted by atomic mass is 32.1. The Morgan fingerprint density at radius 1 is 1.16 bits per heavy atom. The van der Waals surface area contributed by atoms with Crippen LogP contribution in [-0.4, -0.2) is 23.2 Å². The summed E-state index contributed by atoms with van der Waals surface area (Å²) in [7, 11) is 0. The minimum absolute atomic E-state index is 0.00342. The van der Waals surface area contributed by atoms with Crippen molar-refractivity contribution in [2.75, 3.05) is 11.9 Å². The van der Waals surface area contributed by atoms with Gasteiger partial charge in [0.25, 0.3) is 5.69 Å². The van der Waals surface area contributed by atoms with E-state index in [0.29, 0.717) is 23.8 Å². The molecule has 2 aromatic carbocycles. The van der Waals surface area contributed by atoms with Crippen LogP contribution in [0.3, 0.4) is 0 Å². The quantitative estimate of drug-likeness (QED) is 0.441. The molecule has 0 unspecified atom stereocenters. The number of nitro benzene ring substituents is 1. The predicted molar refractivity (Wildman–Crippen MR) is 94.1 cm³/mol. The third kappa shape index (κ3) is 6.30. The number of nitrogens with zero attached hydrogens (tertiary/aromatic N) is 1. The van der Waals surface area contributed by atoms with E-state index < -0.39 is 11.5 Å². The van der Waals surface area contributed by atoms with Gasteiger partial charge >= 0.3 is 6.61 Å². The molecule has 6 nitrogen and oxygen atoms in total. The Kier molecular flexibility index (Phi) is 6.58. The van der Waals surface area contributed by atoms with Gasteiger partial charge in [0.2, 0.25) is 0 Å². The first kappa shape index (κ1) is 18.5. The molecule has 2 N–H and O–H groups in total. The monoisotopic (exact) mass is 367 g/mol. The SMILES string of the molecule is O=[N+]([O-])c1ccc(NC(=S)NCCc2ccc(OC(F)F)cc2)cc1. The van der Waals surface area contributed by atoms with Gasteiger partial charge in [0.1, 0.15) is 5.75 Å². The molecule has 0 atom stereocenters. The second kappa shape index (κ2) is 8.88. The summed E-state index contributed by atoms with van der Waals surface area (Å²) < 4.78 is 28.4. The van der Waals surface area contributed by atoms with E-state index in [0.717, 1.165) is 5.56 Å². The summed E-state index contributed by atoms with van der Waals surface area (Å²) in [5.41, 5.74) is 1.58. The zero-order valence-electron chi connectivity index (χ0n) is 12.9. The minimum Gasteiger partial charge on any atom is -0.435 e. The van der Waals surface area contributed by atoms with Crippen LogP contribution in [0.15, 0.2) is 48.5 Å². The van der Waals surface area contributed by atoms with E-state index in [1.165, 1.54) is 24.3 Å². The van der Waals surface area contributed by atoms with Gasteiger partial charge in [-0.25, -0.2) is 0 Å². The number of nitrogens with one attached hydrogen (secondary N) is 2. The van der Waals surface area contributed by atoms with E-state index in [9.17, 15) is 18.9 Å². The van der Waals surface area contributed by atoms with Crippen LogP contribution in [0.25, 0.3) is 0 Å². The molecule has 0 aliphatic heterocycles. The summed E-state index contributed by atoms with van der Waals surface area (Å²) in [5.74, 6) is 0.113. The van der Waals surface area contributed by atoms with Gasteiger partial charge in [0.15, 0.2) is 5.11 Å². The normalized spacial score (nSPS) is 10.4. The second-order valence-corrected chi connectivity index (χ2v) is 5.37. The number of benzene rings is 2. The lowest BCUT2D eigenvalue weighted by Gasteiger charge is -2.11. The van der Waals surface area contributed by atoms with Crippen molar-refractivity contribution in [1.82, 2.24) is 5.32 Å². The molecule has 0 aromatic heterocycles. The van der Waals surface area contributed by atoms with Gasteiger partial charge in [-0.05, 0) is 48.5 Å². The highest BCUT2D eigenvalue weighted by Gasteiger charge is 2.05. The first-order chi connectivity index (χ1) is 11.9. The molecule has 0 amide bonds. The Hall–Kier alpha value is -2.81. The summed E-state index contributed by atoms with van der Waals surface area (Å²) in [6, 6.07) is 12.3. The van der Waals surface area contributed by atoms with Crippen molar-refractivity contribution in [3.63, 3.8) is 0 Å². The molecule has 0 bridgehead atoms. The topological polar surface area (TPSA) is 76.4 Å². The lowest BCUT2D eigenvalue weighted by Crippen LogP contribution is -2.30. The number of hydrogen-bond acceptors (Lipinski definition) is 4. The van der Waals surface area contributed by atoms with E-state index >= 15 is 0 Å². The fourth-order valence-electron chi connectivity index (χ4n) is 2.00. The Morgan fingerprint density at radius 3 is 2.36 bits per heavy atom. The molecule has 9 heteroatoms. The molecule has 132 valence electrons. The van der Waals surface area contributed by atoms with Gasteiger partial charge in [-0.3, -0.25) is 10.1 Å². The Bertz CT molecular complexity index is 724. The molecule has 0 heterocycles. The highest BCUT2D eigenvalue weighted by Crippen LogP contribution is 2.16. The molecule has 0 spiro atoms. The second-order valence-electron chi connectivity index (χ2n) is 4.96. The maximum Gasteiger partial charge on any atom is 0.387 e. The van der Waals surface area contributed by atoms with E-state index in [4.69, 9.17) is 12.2 Å². The molecule has 0 fully saturated rings. The Balaban J connectivity index is 1.75. The lowest BCUT2D eigenvalue weighted by molar-refractivity contribution is -0.384.